The van der Waals surface area contributed by atoms with E-state index in [2.05, 4.69) is 10.3 Å². The quantitative estimate of drug-likeness (QED) is 0.644. The lowest BCUT2D eigenvalue weighted by molar-refractivity contribution is -0.139. The summed E-state index contributed by atoms with van der Waals surface area (Å²) >= 11 is 0. The van der Waals surface area contributed by atoms with Crippen LogP contribution in [0.4, 0.5) is 31.1 Å². The van der Waals surface area contributed by atoms with Crippen LogP contribution >= 0.6 is 0 Å². The first-order chi connectivity index (χ1) is 13.4. The zero-order chi connectivity index (χ0) is 21.8. The SMILES string of the molecule is O=C(O)CNC(=O)NC(c1ccc(C(F)(F)F)cc1)c1ncccc1C(F)(F)F. The van der Waals surface area contributed by atoms with Gasteiger partial charge in [0.2, 0.25) is 0 Å². The van der Waals surface area contributed by atoms with Crippen LogP contribution in [0.3, 0.4) is 0 Å². The van der Waals surface area contributed by atoms with Crippen molar-refractivity contribution in [3.05, 3.63) is 65.0 Å². The van der Waals surface area contributed by atoms with Crippen molar-refractivity contribution in [2.24, 2.45) is 0 Å². The van der Waals surface area contributed by atoms with Crippen molar-refractivity contribution in [1.29, 1.82) is 0 Å². The van der Waals surface area contributed by atoms with Crippen LogP contribution in [0.25, 0.3) is 0 Å². The van der Waals surface area contributed by atoms with Crippen molar-refractivity contribution >= 4 is 12.0 Å². The number of carboxylic acids is 1. The Balaban J connectivity index is 2.47. The van der Waals surface area contributed by atoms with E-state index in [1.165, 1.54) is 0 Å². The number of aliphatic carboxylic acids is 1. The summed E-state index contributed by atoms with van der Waals surface area (Å²) in [7, 11) is 0. The van der Waals surface area contributed by atoms with Crippen LogP contribution in [-0.2, 0) is 17.1 Å². The molecule has 0 aliphatic heterocycles. The monoisotopic (exact) mass is 421 g/mol. The fourth-order valence-electron chi connectivity index (χ4n) is 2.40. The van der Waals surface area contributed by atoms with Gasteiger partial charge in [-0.3, -0.25) is 9.78 Å². The number of nitrogens with one attached hydrogen (secondary N) is 2. The molecule has 0 aliphatic carbocycles. The Morgan fingerprint density at radius 1 is 1.00 bits per heavy atom. The number of benzene rings is 1. The van der Waals surface area contributed by atoms with Gasteiger partial charge in [-0.1, -0.05) is 12.1 Å². The number of carboxylic acid groups (broad SMARTS) is 1. The predicted octanol–water partition coefficient (Wildman–Crippen LogP) is 3.59. The van der Waals surface area contributed by atoms with E-state index in [4.69, 9.17) is 5.11 Å². The van der Waals surface area contributed by atoms with Gasteiger partial charge in [0.15, 0.2) is 0 Å². The molecule has 0 bridgehead atoms. The van der Waals surface area contributed by atoms with E-state index >= 15 is 0 Å². The topological polar surface area (TPSA) is 91.3 Å². The van der Waals surface area contributed by atoms with E-state index in [0.717, 1.165) is 24.4 Å². The lowest BCUT2D eigenvalue weighted by Gasteiger charge is -2.22. The smallest absolute Gasteiger partial charge is 0.418 e. The molecule has 12 heteroatoms. The molecule has 0 saturated carbocycles. The molecule has 2 aromatic rings. The van der Waals surface area contributed by atoms with Gasteiger partial charge in [0.1, 0.15) is 6.54 Å². The largest absolute Gasteiger partial charge is 0.480 e. The molecule has 1 unspecified atom stereocenters. The maximum absolute atomic E-state index is 13.3. The highest BCUT2D eigenvalue weighted by atomic mass is 19.4. The zero-order valence-corrected chi connectivity index (χ0v) is 14.3. The minimum Gasteiger partial charge on any atom is -0.480 e. The minimum absolute atomic E-state index is 0.118. The van der Waals surface area contributed by atoms with Gasteiger partial charge in [0.05, 0.1) is 22.9 Å². The Hall–Kier alpha value is -3.31. The summed E-state index contributed by atoms with van der Waals surface area (Å²) in [5, 5.41) is 12.6. The molecule has 156 valence electrons. The highest BCUT2D eigenvalue weighted by molar-refractivity contribution is 5.80. The summed E-state index contributed by atoms with van der Waals surface area (Å²) in [5.41, 5.74) is -3.02. The summed E-state index contributed by atoms with van der Waals surface area (Å²) < 4.78 is 78.3. The van der Waals surface area contributed by atoms with E-state index in [9.17, 15) is 35.9 Å². The average Bonchev–Trinajstić information content (AvgIpc) is 2.63. The number of carbonyl (C=O) groups is 2. The number of hydrogen-bond donors (Lipinski definition) is 3. The zero-order valence-electron chi connectivity index (χ0n) is 14.3. The van der Waals surface area contributed by atoms with Crippen LogP contribution in [0.2, 0.25) is 0 Å². The van der Waals surface area contributed by atoms with Gasteiger partial charge >= 0.3 is 24.4 Å². The number of nitrogens with zero attached hydrogens (tertiary/aromatic N) is 1. The first kappa shape index (κ1) is 22.0. The summed E-state index contributed by atoms with van der Waals surface area (Å²) in [5.74, 6) is -1.40. The van der Waals surface area contributed by atoms with Crippen molar-refractivity contribution in [2.45, 2.75) is 18.4 Å². The first-order valence-corrected chi connectivity index (χ1v) is 7.85. The molecule has 1 aromatic carbocycles. The van der Waals surface area contributed by atoms with Crippen LogP contribution < -0.4 is 10.6 Å². The maximum Gasteiger partial charge on any atom is 0.418 e. The Kier molecular flexibility index (Phi) is 6.34. The summed E-state index contributed by atoms with van der Waals surface area (Å²) in [6.07, 6.45) is -8.49. The third kappa shape index (κ3) is 5.83. The van der Waals surface area contributed by atoms with Gasteiger partial charge in [-0.25, -0.2) is 4.79 Å². The van der Waals surface area contributed by atoms with Gasteiger partial charge in [-0.05, 0) is 29.8 Å². The van der Waals surface area contributed by atoms with Crippen LogP contribution in [-0.4, -0.2) is 28.6 Å². The third-order valence-electron chi connectivity index (χ3n) is 3.66. The number of amides is 2. The highest BCUT2D eigenvalue weighted by Gasteiger charge is 2.37. The van der Waals surface area contributed by atoms with Crippen LogP contribution in [0, 0.1) is 0 Å². The van der Waals surface area contributed by atoms with Gasteiger partial charge in [-0.2, -0.15) is 26.3 Å². The van der Waals surface area contributed by atoms with Crippen molar-refractivity contribution in [3.8, 4) is 0 Å². The minimum atomic E-state index is -4.85. The maximum atomic E-state index is 13.3. The van der Waals surface area contributed by atoms with Gasteiger partial charge in [0, 0.05) is 6.20 Å². The number of rotatable bonds is 5. The number of carbonyl (C=O) groups excluding carboxylic acids is 1. The molecule has 29 heavy (non-hydrogen) atoms. The highest BCUT2D eigenvalue weighted by Crippen LogP contribution is 2.36. The Morgan fingerprint density at radius 3 is 2.14 bits per heavy atom. The summed E-state index contributed by atoms with van der Waals surface area (Å²) in [6, 6.07) is 2.08. The molecule has 0 saturated heterocycles. The van der Waals surface area contributed by atoms with E-state index in [1.807, 2.05) is 5.32 Å². The first-order valence-electron chi connectivity index (χ1n) is 7.85. The molecular formula is C17H13F6N3O3. The number of urea groups is 1. The third-order valence-corrected chi connectivity index (χ3v) is 3.66. The van der Waals surface area contributed by atoms with Gasteiger partial charge < -0.3 is 15.7 Å². The second-order valence-corrected chi connectivity index (χ2v) is 5.71. The number of aromatic nitrogens is 1. The standard InChI is InChI=1S/C17H13F6N3O3/c18-16(19,20)10-5-3-9(4-6-10)13(26-15(29)25-8-12(27)28)14-11(17(21,22)23)2-1-7-24-14/h1-7,13H,8H2,(H,27,28)(H2,25,26,29). The summed E-state index contributed by atoms with van der Waals surface area (Å²) in [6.45, 7) is -0.820. The second kappa shape index (κ2) is 8.37. The van der Waals surface area contributed by atoms with E-state index < -0.39 is 53.8 Å². The van der Waals surface area contributed by atoms with Gasteiger partial charge in [0.25, 0.3) is 0 Å². The molecule has 1 aromatic heterocycles. The Bertz CT molecular complexity index is 881. The molecule has 3 N–H and O–H groups in total. The fourth-order valence-corrected chi connectivity index (χ4v) is 2.40. The molecular weight excluding hydrogens is 408 g/mol. The Labute approximate surface area is 159 Å². The molecule has 6 nitrogen and oxygen atoms in total. The van der Waals surface area contributed by atoms with Crippen LogP contribution in [0.1, 0.15) is 28.4 Å². The van der Waals surface area contributed by atoms with Crippen molar-refractivity contribution in [1.82, 2.24) is 15.6 Å². The van der Waals surface area contributed by atoms with E-state index in [1.54, 1.807) is 0 Å². The van der Waals surface area contributed by atoms with Gasteiger partial charge in [-0.15, -0.1) is 0 Å². The summed E-state index contributed by atoms with van der Waals surface area (Å²) in [4.78, 5) is 26.1. The van der Waals surface area contributed by atoms with E-state index in [-0.39, 0.29) is 5.56 Å². The Morgan fingerprint density at radius 2 is 1.62 bits per heavy atom. The molecule has 1 heterocycles. The molecule has 0 fully saturated rings. The molecule has 2 amide bonds. The molecule has 2 rings (SSSR count). The predicted molar refractivity (Wildman–Crippen MR) is 86.7 cm³/mol. The van der Waals surface area contributed by atoms with Crippen molar-refractivity contribution in [2.75, 3.05) is 6.54 Å². The van der Waals surface area contributed by atoms with E-state index in [0.29, 0.717) is 18.2 Å². The number of alkyl halides is 6. The molecule has 1 atom stereocenters. The van der Waals surface area contributed by atoms with Crippen molar-refractivity contribution < 1.29 is 41.0 Å². The second-order valence-electron chi connectivity index (χ2n) is 5.71. The fraction of sp³-hybridized carbons (Fsp3) is 0.235. The lowest BCUT2D eigenvalue weighted by Crippen LogP contribution is -2.41. The lowest BCUT2D eigenvalue weighted by atomic mass is 9.98. The number of pyridine rings is 1. The normalized spacial score (nSPS) is 12.9. The molecule has 0 aliphatic rings. The number of hydrogen-bond acceptors (Lipinski definition) is 3. The average molecular weight is 421 g/mol. The van der Waals surface area contributed by atoms with Crippen molar-refractivity contribution in [3.63, 3.8) is 0 Å². The molecule has 0 spiro atoms. The van der Waals surface area contributed by atoms with Crippen LogP contribution in [0.15, 0.2) is 42.6 Å². The molecule has 0 radical (unpaired) electrons. The number of halogens is 6. The van der Waals surface area contributed by atoms with Crippen LogP contribution in [0.5, 0.6) is 0 Å².